The average molecular weight is 178 g/mol. The maximum atomic E-state index is 8.63. The molecule has 1 rings (SSSR count). The average Bonchev–Trinajstić information content (AvgIpc) is 1.69. The summed E-state index contributed by atoms with van der Waals surface area (Å²) in [5.74, 6) is 0.322. The van der Waals surface area contributed by atoms with Crippen molar-refractivity contribution in [1.29, 1.82) is 0 Å². The third-order valence-corrected chi connectivity index (χ3v) is 0.756. The van der Waals surface area contributed by atoms with E-state index in [1.54, 1.807) is 24.3 Å². The van der Waals surface area contributed by atoms with Crippen molar-refractivity contribution in [3.05, 3.63) is 30.3 Å². The molecule has 0 saturated carbocycles. The van der Waals surface area contributed by atoms with E-state index >= 15 is 0 Å². The molecule has 0 aliphatic heterocycles. The van der Waals surface area contributed by atoms with E-state index in [-0.39, 0.29) is 81.2 Å². The Labute approximate surface area is 120 Å². The molecule has 0 unspecified atom stereocenters. The molecule has 0 fully saturated rings. The van der Waals surface area contributed by atoms with Crippen molar-refractivity contribution < 1.29 is 10.8 Å². The van der Waals surface area contributed by atoms with Gasteiger partial charge in [-0.2, -0.15) is 0 Å². The first-order chi connectivity index (χ1) is 3.39. The van der Waals surface area contributed by atoms with Crippen LogP contribution >= 0.6 is 0 Å². The number of phenolic OH excluding ortho intramolecular Hbond substituents is 1. The molecule has 0 amide bonds. The van der Waals surface area contributed by atoms with E-state index in [9.17, 15) is 0 Å². The molecule has 3 heteroatoms. The maximum absolute atomic E-state index is 8.63. The van der Waals surface area contributed by atoms with Crippen LogP contribution in [-0.2, 0) is 0 Å². The third-order valence-electron chi connectivity index (χ3n) is 0.756. The molecular formula is C6H10Ca2O. The van der Waals surface area contributed by atoms with Crippen molar-refractivity contribution in [2.24, 2.45) is 0 Å². The van der Waals surface area contributed by atoms with Gasteiger partial charge in [-0.25, -0.2) is 0 Å². The summed E-state index contributed by atoms with van der Waals surface area (Å²) in [5, 5.41) is 8.63. The van der Waals surface area contributed by atoms with Gasteiger partial charge in [-0.3, -0.25) is 0 Å². The molecule has 0 saturated heterocycles. The van der Waals surface area contributed by atoms with Crippen LogP contribution in [0.1, 0.15) is 5.71 Å². The molecular weight excluding hydrogens is 168 g/mol. The van der Waals surface area contributed by atoms with E-state index in [4.69, 9.17) is 5.11 Å². The molecule has 0 aliphatic rings. The van der Waals surface area contributed by atoms with Crippen LogP contribution in [0.4, 0.5) is 0 Å². The Bertz CT molecular complexity index is 153. The fourth-order valence-corrected chi connectivity index (χ4v) is 0.428. The molecule has 1 aromatic rings. The minimum absolute atomic E-state index is 0. The van der Waals surface area contributed by atoms with Crippen LogP contribution in [0.25, 0.3) is 0 Å². The summed E-state index contributed by atoms with van der Waals surface area (Å²) in [6.45, 7) is 0. The molecule has 44 valence electrons. The predicted octanol–water partition coefficient (Wildman–Crippen LogP) is 1.08. The monoisotopic (exact) mass is 178 g/mol. The molecule has 0 heterocycles. The molecule has 0 atom stereocenters. The standard InChI is InChI=1S/C6H6O.2Ca.4H/c7-6-4-2-1-3-5-6;;;;;;/h1-5,7H;;;;;;/q;2*+2;4*-1. The number of aromatic hydroxyl groups is 1. The van der Waals surface area contributed by atoms with Crippen LogP contribution in [0.5, 0.6) is 5.75 Å². The Hall–Kier alpha value is 1.54. The van der Waals surface area contributed by atoms with E-state index in [1.807, 2.05) is 6.07 Å². The summed E-state index contributed by atoms with van der Waals surface area (Å²) in [6, 6.07) is 8.71. The summed E-state index contributed by atoms with van der Waals surface area (Å²) < 4.78 is 0. The van der Waals surface area contributed by atoms with Gasteiger partial charge in [-0.05, 0) is 12.1 Å². The number of para-hydroxylation sites is 1. The summed E-state index contributed by atoms with van der Waals surface area (Å²) in [4.78, 5) is 0. The minimum Gasteiger partial charge on any atom is -1.00 e. The summed E-state index contributed by atoms with van der Waals surface area (Å²) >= 11 is 0. The smallest absolute Gasteiger partial charge is 1.00 e. The molecule has 0 bridgehead atoms. The van der Waals surface area contributed by atoms with Crippen molar-refractivity contribution >= 4 is 75.5 Å². The quantitative estimate of drug-likeness (QED) is 0.589. The van der Waals surface area contributed by atoms with Gasteiger partial charge in [0.05, 0.1) is 0 Å². The molecule has 1 N–H and O–H groups in total. The van der Waals surface area contributed by atoms with Gasteiger partial charge in [0, 0.05) is 0 Å². The molecule has 9 heavy (non-hydrogen) atoms. The number of hydrogen-bond donors (Lipinski definition) is 1. The van der Waals surface area contributed by atoms with Crippen LogP contribution in [0, 0.1) is 0 Å². The van der Waals surface area contributed by atoms with Crippen molar-refractivity contribution in [1.82, 2.24) is 0 Å². The van der Waals surface area contributed by atoms with Gasteiger partial charge in [-0.1, -0.05) is 18.2 Å². The number of hydrogen-bond acceptors (Lipinski definition) is 1. The molecule has 0 aromatic heterocycles. The first-order valence-electron chi connectivity index (χ1n) is 2.13. The summed E-state index contributed by atoms with van der Waals surface area (Å²) in [7, 11) is 0. The molecule has 1 aromatic carbocycles. The van der Waals surface area contributed by atoms with Crippen LogP contribution in [0.2, 0.25) is 0 Å². The van der Waals surface area contributed by atoms with Crippen LogP contribution in [-0.4, -0.2) is 80.6 Å². The van der Waals surface area contributed by atoms with Gasteiger partial charge in [0.25, 0.3) is 0 Å². The predicted molar refractivity (Wildman–Crippen MR) is 44.1 cm³/mol. The Kier molecular flexibility index (Phi) is 11.2. The maximum Gasteiger partial charge on any atom is 2.00 e. The van der Waals surface area contributed by atoms with Crippen molar-refractivity contribution in [2.45, 2.75) is 0 Å². The van der Waals surface area contributed by atoms with Crippen molar-refractivity contribution in [3.63, 3.8) is 0 Å². The van der Waals surface area contributed by atoms with Gasteiger partial charge >= 0.3 is 75.5 Å². The van der Waals surface area contributed by atoms with Gasteiger partial charge in [0.2, 0.25) is 0 Å². The van der Waals surface area contributed by atoms with Gasteiger partial charge in [0.1, 0.15) is 5.75 Å². The molecule has 0 radical (unpaired) electrons. The van der Waals surface area contributed by atoms with Crippen LogP contribution in [0.15, 0.2) is 30.3 Å². The Balaban J connectivity index is -0.0000000204. The Morgan fingerprint density at radius 3 is 1.67 bits per heavy atom. The number of phenols is 1. The summed E-state index contributed by atoms with van der Waals surface area (Å²) in [5.41, 5.74) is 0. The molecule has 0 aliphatic carbocycles. The second-order valence-corrected chi connectivity index (χ2v) is 1.34. The van der Waals surface area contributed by atoms with E-state index in [0.29, 0.717) is 5.75 Å². The van der Waals surface area contributed by atoms with E-state index < -0.39 is 0 Å². The summed E-state index contributed by atoms with van der Waals surface area (Å²) in [6.07, 6.45) is 0. The zero-order valence-corrected chi connectivity index (χ0v) is 9.66. The zero-order valence-electron chi connectivity index (χ0n) is 9.25. The van der Waals surface area contributed by atoms with E-state index in [0.717, 1.165) is 0 Å². The van der Waals surface area contributed by atoms with Crippen LogP contribution < -0.4 is 0 Å². The first-order valence-corrected chi connectivity index (χ1v) is 2.13. The topological polar surface area (TPSA) is 20.2 Å². The van der Waals surface area contributed by atoms with Crippen LogP contribution in [0.3, 0.4) is 0 Å². The van der Waals surface area contributed by atoms with Crippen molar-refractivity contribution in [3.8, 4) is 5.75 Å². The Morgan fingerprint density at radius 1 is 1.00 bits per heavy atom. The Morgan fingerprint density at radius 2 is 1.44 bits per heavy atom. The fourth-order valence-electron chi connectivity index (χ4n) is 0.428. The van der Waals surface area contributed by atoms with Crippen molar-refractivity contribution in [2.75, 3.05) is 0 Å². The number of rotatable bonds is 0. The number of benzene rings is 1. The second kappa shape index (κ2) is 7.64. The first kappa shape index (κ1) is 13.2. The van der Waals surface area contributed by atoms with Gasteiger partial charge in [0.15, 0.2) is 0 Å². The zero-order chi connectivity index (χ0) is 5.11. The molecule has 1 nitrogen and oxygen atoms in total. The van der Waals surface area contributed by atoms with Gasteiger partial charge < -0.3 is 10.8 Å². The molecule has 0 spiro atoms. The SMILES string of the molecule is Oc1ccccc1.[Ca+2].[Ca+2].[H-].[H-].[H-].[H-]. The minimum atomic E-state index is 0. The largest absolute Gasteiger partial charge is 2.00 e. The van der Waals surface area contributed by atoms with E-state index in [1.165, 1.54) is 0 Å². The second-order valence-electron chi connectivity index (χ2n) is 1.34. The normalized spacial score (nSPS) is 6.67. The fraction of sp³-hybridized carbons (Fsp3) is 0. The third kappa shape index (κ3) is 5.96. The van der Waals surface area contributed by atoms with Gasteiger partial charge in [-0.15, -0.1) is 0 Å². The van der Waals surface area contributed by atoms with E-state index in [2.05, 4.69) is 0 Å².